The number of nitrogens with one attached hydrogen (secondary N) is 2. The largest absolute Gasteiger partial charge is 0.314 e. The van der Waals surface area contributed by atoms with Gasteiger partial charge in [0.25, 0.3) is 0 Å². The standard InChI is InChI=1S/C11H22N2/c1-9(13-10-5-6-10)8-11-4-2-3-7-12-11/h9-13H,2-8H2,1H3. The van der Waals surface area contributed by atoms with Gasteiger partial charge in [-0.1, -0.05) is 6.42 Å². The van der Waals surface area contributed by atoms with E-state index in [1.54, 1.807) is 0 Å². The summed E-state index contributed by atoms with van der Waals surface area (Å²) in [4.78, 5) is 0. The highest BCUT2D eigenvalue weighted by Crippen LogP contribution is 2.21. The first kappa shape index (κ1) is 9.47. The van der Waals surface area contributed by atoms with E-state index >= 15 is 0 Å². The summed E-state index contributed by atoms with van der Waals surface area (Å²) in [6, 6.07) is 2.36. The highest BCUT2D eigenvalue weighted by molar-refractivity contribution is 4.85. The fourth-order valence-corrected chi connectivity index (χ4v) is 2.27. The predicted molar refractivity (Wildman–Crippen MR) is 55.9 cm³/mol. The van der Waals surface area contributed by atoms with Crippen LogP contribution in [0.3, 0.4) is 0 Å². The summed E-state index contributed by atoms with van der Waals surface area (Å²) in [5.41, 5.74) is 0. The van der Waals surface area contributed by atoms with Crippen molar-refractivity contribution in [2.24, 2.45) is 0 Å². The van der Waals surface area contributed by atoms with Crippen molar-refractivity contribution in [3.8, 4) is 0 Å². The molecule has 0 spiro atoms. The molecule has 0 aromatic carbocycles. The maximum Gasteiger partial charge on any atom is 0.00817 e. The molecule has 1 saturated heterocycles. The van der Waals surface area contributed by atoms with Crippen LogP contribution in [0.2, 0.25) is 0 Å². The lowest BCUT2D eigenvalue weighted by atomic mass is 9.99. The fraction of sp³-hybridized carbons (Fsp3) is 1.00. The lowest BCUT2D eigenvalue weighted by molar-refractivity contribution is 0.344. The molecule has 2 N–H and O–H groups in total. The Hall–Kier alpha value is -0.0800. The normalized spacial score (nSPS) is 31.6. The van der Waals surface area contributed by atoms with Crippen LogP contribution < -0.4 is 10.6 Å². The SMILES string of the molecule is CC(CC1CCCCN1)NC1CC1. The molecule has 2 nitrogen and oxygen atoms in total. The maximum absolute atomic E-state index is 3.66. The third kappa shape index (κ3) is 3.28. The van der Waals surface area contributed by atoms with Gasteiger partial charge in [0, 0.05) is 18.1 Å². The zero-order valence-electron chi connectivity index (χ0n) is 8.68. The van der Waals surface area contributed by atoms with Gasteiger partial charge in [0.05, 0.1) is 0 Å². The van der Waals surface area contributed by atoms with E-state index in [0.717, 1.165) is 12.1 Å². The zero-order valence-corrected chi connectivity index (χ0v) is 8.68. The summed E-state index contributed by atoms with van der Waals surface area (Å²) in [6.07, 6.45) is 8.31. The highest BCUT2D eigenvalue weighted by atomic mass is 15.0. The molecule has 1 heterocycles. The Labute approximate surface area is 81.5 Å². The van der Waals surface area contributed by atoms with E-state index in [9.17, 15) is 0 Å². The molecule has 13 heavy (non-hydrogen) atoms. The van der Waals surface area contributed by atoms with E-state index in [0.29, 0.717) is 6.04 Å². The van der Waals surface area contributed by atoms with Gasteiger partial charge in [-0.25, -0.2) is 0 Å². The second-order valence-electron chi connectivity index (χ2n) is 4.72. The Bertz CT molecular complexity index is 148. The van der Waals surface area contributed by atoms with E-state index in [4.69, 9.17) is 0 Å². The summed E-state index contributed by atoms with van der Waals surface area (Å²) in [5, 5.41) is 7.26. The van der Waals surface area contributed by atoms with Gasteiger partial charge in [0.2, 0.25) is 0 Å². The van der Waals surface area contributed by atoms with Crippen molar-refractivity contribution in [3.05, 3.63) is 0 Å². The Balaban J connectivity index is 1.62. The van der Waals surface area contributed by atoms with Gasteiger partial charge < -0.3 is 10.6 Å². The average molecular weight is 182 g/mol. The van der Waals surface area contributed by atoms with E-state index < -0.39 is 0 Å². The van der Waals surface area contributed by atoms with E-state index in [1.165, 1.54) is 45.1 Å². The highest BCUT2D eigenvalue weighted by Gasteiger charge is 2.24. The molecule has 1 aliphatic heterocycles. The molecular weight excluding hydrogens is 160 g/mol. The number of hydrogen-bond acceptors (Lipinski definition) is 2. The number of piperidine rings is 1. The first-order valence-corrected chi connectivity index (χ1v) is 5.84. The van der Waals surface area contributed by atoms with Crippen molar-refractivity contribution in [1.29, 1.82) is 0 Å². The third-order valence-electron chi connectivity index (χ3n) is 3.15. The van der Waals surface area contributed by atoms with Crippen LogP contribution in [-0.2, 0) is 0 Å². The molecule has 1 aliphatic carbocycles. The molecule has 2 atom stereocenters. The van der Waals surface area contributed by atoms with Gasteiger partial charge in [0.15, 0.2) is 0 Å². The van der Waals surface area contributed by atoms with Crippen molar-refractivity contribution in [2.45, 2.75) is 63.6 Å². The van der Waals surface area contributed by atoms with Gasteiger partial charge in [-0.15, -0.1) is 0 Å². The van der Waals surface area contributed by atoms with Gasteiger partial charge in [-0.05, 0) is 45.6 Å². The second-order valence-corrected chi connectivity index (χ2v) is 4.72. The quantitative estimate of drug-likeness (QED) is 0.691. The number of hydrogen-bond donors (Lipinski definition) is 2. The van der Waals surface area contributed by atoms with E-state index in [1.807, 2.05) is 0 Å². The van der Waals surface area contributed by atoms with Crippen molar-refractivity contribution in [2.75, 3.05) is 6.54 Å². The molecule has 2 unspecified atom stereocenters. The van der Waals surface area contributed by atoms with Crippen LogP contribution in [0.1, 0.15) is 45.4 Å². The molecule has 2 fully saturated rings. The van der Waals surface area contributed by atoms with Crippen LogP contribution in [0.5, 0.6) is 0 Å². The van der Waals surface area contributed by atoms with Gasteiger partial charge in [0.1, 0.15) is 0 Å². The molecule has 0 aromatic heterocycles. The van der Waals surface area contributed by atoms with Crippen LogP contribution in [0.4, 0.5) is 0 Å². The minimum atomic E-state index is 0.711. The van der Waals surface area contributed by atoms with Gasteiger partial charge in [-0.3, -0.25) is 0 Å². The minimum absolute atomic E-state index is 0.711. The summed E-state index contributed by atoms with van der Waals surface area (Å²) in [6.45, 7) is 3.56. The molecule has 0 amide bonds. The Morgan fingerprint density at radius 3 is 2.77 bits per heavy atom. The third-order valence-corrected chi connectivity index (χ3v) is 3.15. The maximum atomic E-state index is 3.66. The monoisotopic (exact) mass is 182 g/mol. The molecular formula is C11H22N2. The van der Waals surface area contributed by atoms with Crippen LogP contribution in [-0.4, -0.2) is 24.7 Å². The molecule has 2 aliphatic rings. The van der Waals surface area contributed by atoms with Crippen LogP contribution in [0.25, 0.3) is 0 Å². The summed E-state index contributed by atoms with van der Waals surface area (Å²) in [5.74, 6) is 0. The predicted octanol–water partition coefficient (Wildman–Crippen LogP) is 1.66. The molecule has 2 heteroatoms. The molecule has 0 aromatic rings. The van der Waals surface area contributed by atoms with Gasteiger partial charge >= 0.3 is 0 Å². The topological polar surface area (TPSA) is 24.1 Å². The van der Waals surface area contributed by atoms with E-state index in [2.05, 4.69) is 17.6 Å². The fourth-order valence-electron chi connectivity index (χ4n) is 2.27. The average Bonchev–Trinajstić information content (AvgIpc) is 2.90. The van der Waals surface area contributed by atoms with Crippen molar-refractivity contribution in [1.82, 2.24) is 10.6 Å². The van der Waals surface area contributed by atoms with Crippen LogP contribution >= 0.6 is 0 Å². The Kier molecular flexibility index (Phi) is 3.23. The first-order valence-electron chi connectivity index (χ1n) is 5.84. The smallest absolute Gasteiger partial charge is 0.00817 e. The van der Waals surface area contributed by atoms with Gasteiger partial charge in [-0.2, -0.15) is 0 Å². The molecule has 0 radical (unpaired) electrons. The van der Waals surface area contributed by atoms with Crippen molar-refractivity contribution < 1.29 is 0 Å². The van der Waals surface area contributed by atoms with Crippen molar-refractivity contribution >= 4 is 0 Å². The van der Waals surface area contributed by atoms with Crippen molar-refractivity contribution in [3.63, 3.8) is 0 Å². The summed E-state index contributed by atoms with van der Waals surface area (Å²) < 4.78 is 0. The first-order chi connectivity index (χ1) is 6.34. The van der Waals surface area contributed by atoms with Crippen LogP contribution in [0.15, 0.2) is 0 Å². The lowest BCUT2D eigenvalue weighted by Crippen LogP contribution is -2.40. The Morgan fingerprint density at radius 2 is 2.15 bits per heavy atom. The zero-order chi connectivity index (χ0) is 9.10. The molecule has 1 saturated carbocycles. The minimum Gasteiger partial charge on any atom is -0.314 e. The molecule has 0 bridgehead atoms. The van der Waals surface area contributed by atoms with E-state index in [-0.39, 0.29) is 0 Å². The summed E-state index contributed by atoms with van der Waals surface area (Å²) >= 11 is 0. The molecule has 2 rings (SSSR count). The lowest BCUT2D eigenvalue weighted by Gasteiger charge is -2.26. The molecule has 76 valence electrons. The van der Waals surface area contributed by atoms with Crippen LogP contribution in [0, 0.1) is 0 Å². The Morgan fingerprint density at radius 1 is 1.31 bits per heavy atom. The summed E-state index contributed by atoms with van der Waals surface area (Å²) in [7, 11) is 0. The number of rotatable bonds is 4. The second kappa shape index (κ2) is 4.43.